The average Bonchev–Trinajstić information content (AvgIpc) is 2.30. The number of rotatable bonds is 4. The first kappa shape index (κ1) is 12.4. The highest BCUT2D eigenvalue weighted by Crippen LogP contribution is 2.07. The fraction of sp³-hybridized carbons (Fsp3) is 0.500. The minimum absolute atomic E-state index is 0.0998. The Kier molecular flexibility index (Phi) is 4.19. The fourth-order valence-electron chi connectivity index (χ4n) is 1.14. The molecule has 0 saturated carbocycles. The molecule has 6 nitrogen and oxygen atoms in total. The van der Waals surface area contributed by atoms with Crippen LogP contribution in [0.3, 0.4) is 0 Å². The lowest BCUT2D eigenvalue weighted by molar-refractivity contribution is -0.118. The van der Waals surface area contributed by atoms with E-state index in [1.165, 1.54) is 12.1 Å². The van der Waals surface area contributed by atoms with Crippen molar-refractivity contribution in [3.05, 3.63) is 22.5 Å². The predicted molar refractivity (Wildman–Crippen MR) is 60.9 cm³/mol. The summed E-state index contributed by atoms with van der Waals surface area (Å²) in [5.74, 6) is 0.0972. The normalized spacial score (nSPS) is 14.2. The third-order valence-corrected chi connectivity index (χ3v) is 2.49. The summed E-state index contributed by atoms with van der Waals surface area (Å²) in [5, 5.41) is 8.43. The third-order valence-electron chi connectivity index (χ3n) is 2.49. The highest BCUT2D eigenvalue weighted by Gasteiger charge is 2.19. The van der Waals surface area contributed by atoms with E-state index in [1.54, 1.807) is 0 Å². The number of aromatic amines is 1. The van der Waals surface area contributed by atoms with Crippen molar-refractivity contribution in [2.24, 2.45) is 11.7 Å². The zero-order valence-electron chi connectivity index (χ0n) is 9.36. The van der Waals surface area contributed by atoms with Gasteiger partial charge in [-0.2, -0.15) is 5.10 Å². The molecule has 1 rings (SSSR count). The Balaban J connectivity index is 2.64. The number of carbonyl (C=O) groups excluding carboxylic acids is 1. The number of aromatic nitrogens is 2. The van der Waals surface area contributed by atoms with Crippen molar-refractivity contribution < 1.29 is 4.79 Å². The molecule has 4 N–H and O–H groups in total. The van der Waals surface area contributed by atoms with E-state index in [9.17, 15) is 9.59 Å². The lowest BCUT2D eigenvalue weighted by Crippen LogP contribution is -2.40. The third kappa shape index (κ3) is 3.16. The molecule has 1 aromatic heterocycles. The van der Waals surface area contributed by atoms with Crippen LogP contribution in [0.5, 0.6) is 0 Å². The number of nitrogens with two attached hydrogens (primary N) is 1. The van der Waals surface area contributed by atoms with E-state index in [0.717, 1.165) is 6.42 Å². The Bertz CT molecular complexity index is 395. The summed E-state index contributed by atoms with van der Waals surface area (Å²) in [4.78, 5) is 22.4. The van der Waals surface area contributed by atoms with Gasteiger partial charge in [0.05, 0.1) is 6.04 Å². The zero-order chi connectivity index (χ0) is 12.1. The van der Waals surface area contributed by atoms with E-state index in [4.69, 9.17) is 5.73 Å². The van der Waals surface area contributed by atoms with Gasteiger partial charge in [-0.15, -0.1) is 0 Å². The Morgan fingerprint density at radius 2 is 2.31 bits per heavy atom. The van der Waals surface area contributed by atoms with Gasteiger partial charge in [-0.1, -0.05) is 20.3 Å². The van der Waals surface area contributed by atoms with Crippen molar-refractivity contribution in [2.75, 3.05) is 5.32 Å². The highest BCUT2D eigenvalue weighted by atomic mass is 16.2. The van der Waals surface area contributed by atoms with Gasteiger partial charge in [0.1, 0.15) is 0 Å². The van der Waals surface area contributed by atoms with E-state index in [-0.39, 0.29) is 17.4 Å². The maximum Gasteiger partial charge on any atom is 0.264 e. The van der Waals surface area contributed by atoms with Crippen LogP contribution in [-0.4, -0.2) is 22.1 Å². The molecule has 0 aromatic carbocycles. The van der Waals surface area contributed by atoms with E-state index >= 15 is 0 Å². The number of hydrogen-bond donors (Lipinski definition) is 3. The molecule has 6 heteroatoms. The quantitative estimate of drug-likeness (QED) is 0.674. The van der Waals surface area contributed by atoms with E-state index in [2.05, 4.69) is 15.5 Å². The summed E-state index contributed by atoms with van der Waals surface area (Å²) in [6.07, 6.45) is 0.827. The molecule has 0 aliphatic carbocycles. The largest absolute Gasteiger partial charge is 0.320 e. The van der Waals surface area contributed by atoms with Crippen molar-refractivity contribution in [2.45, 2.75) is 26.3 Å². The van der Waals surface area contributed by atoms with Crippen LogP contribution in [0, 0.1) is 5.92 Å². The molecule has 1 heterocycles. The summed E-state index contributed by atoms with van der Waals surface area (Å²) >= 11 is 0. The number of nitrogens with zero attached hydrogens (tertiary/aromatic N) is 1. The summed E-state index contributed by atoms with van der Waals surface area (Å²) < 4.78 is 0. The van der Waals surface area contributed by atoms with Crippen molar-refractivity contribution >= 4 is 11.7 Å². The van der Waals surface area contributed by atoms with Crippen molar-refractivity contribution in [1.29, 1.82) is 0 Å². The number of anilines is 1. The topological polar surface area (TPSA) is 101 Å². The predicted octanol–water partition coefficient (Wildman–Crippen LogP) is 0.0818. The Labute approximate surface area is 93.2 Å². The molecule has 0 spiro atoms. The van der Waals surface area contributed by atoms with Gasteiger partial charge in [-0.05, 0) is 12.0 Å². The summed E-state index contributed by atoms with van der Waals surface area (Å²) in [6, 6.07) is 2.15. The van der Waals surface area contributed by atoms with Crippen LogP contribution >= 0.6 is 0 Å². The number of hydrogen-bond acceptors (Lipinski definition) is 4. The van der Waals surface area contributed by atoms with Crippen molar-refractivity contribution in [3.63, 3.8) is 0 Å². The number of H-pyrrole nitrogens is 1. The number of nitrogens with one attached hydrogen (secondary N) is 2. The second-order valence-corrected chi connectivity index (χ2v) is 3.71. The zero-order valence-corrected chi connectivity index (χ0v) is 9.36. The van der Waals surface area contributed by atoms with Gasteiger partial charge in [0.2, 0.25) is 5.91 Å². The molecule has 0 aliphatic heterocycles. The minimum atomic E-state index is -0.571. The lowest BCUT2D eigenvalue weighted by atomic mass is 9.99. The average molecular weight is 224 g/mol. The summed E-state index contributed by atoms with van der Waals surface area (Å²) in [7, 11) is 0. The maximum absolute atomic E-state index is 11.6. The fourth-order valence-corrected chi connectivity index (χ4v) is 1.14. The Morgan fingerprint density at radius 1 is 1.62 bits per heavy atom. The van der Waals surface area contributed by atoms with Gasteiger partial charge in [-0.25, -0.2) is 5.10 Å². The molecule has 0 bridgehead atoms. The second kappa shape index (κ2) is 5.41. The first-order chi connectivity index (χ1) is 7.54. The van der Waals surface area contributed by atoms with E-state index in [1.807, 2.05) is 13.8 Å². The Morgan fingerprint density at radius 3 is 2.81 bits per heavy atom. The van der Waals surface area contributed by atoms with Crippen LogP contribution in [0.15, 0.2) is 16.9 Å². The standard InChI is InChI=1S/C10H16N4O2/c1-3-6(2)9(11)10(16)12-7-4-5-8(15)14-13-7/h4-6,9H,3,11H2,1-2H3,(H,14,15)(H,12,13,16)/t6-,9-/m0/s1. The molecule has 0 fully saturated rings. The first-order valence-electron chi connectivity index (χ1n) is 5.16. The van der Waals surface area contributed by atoms with Crippen LogP contribution in [0.2, 0.25) is 0 Å². The van der Waals surface area contributed by atoms with Gasteiger partial charge in [0, 0.05) is 6.07 Å². The van der Waals surface area contributed by atoms with Crippen LogP contribution in [0.1, 0.15) is 20.3 Å². The van der Waals surface area contributed by atoms with Gasteiger partial charge in [-0.3, -0.25) is 9.59 Å². The van der Waals surface area contributed by atoms with Crippen molar-refractivity contribution in [3.8, 4) is 0 Å². The van der Waals surface area contributed by atoms with Gasteiger partial charge >= 0.3 is 0 Å². The molecule has 2 atom stereocenters. The van der Waals surface area contributed by atoms with Gasteiger partial charge < -0.3 is 11.1 Å². The van der Waals surface area contributed by atoms with Gasteiger partial charge in [0.25, 0.3) is 5.56 Å². The summed E-state index contributed by atoms with van der Waals surface area (Å²) in [5.41, 5.74) is 5.42. The minimum Gasteiger partial charge on any atom is -0.320 e. The molecule has 1 amide bonds. The summed E-state index contributed by atoms with van der Waals surface area (Å²) in [6.45, 7) is 3.88. The molecule has 1 aromatic rings. The SMILES string of the molecule is CC[C@H](C)[C@H](N)C(=O)Nc1ccc(=O)[nH]n1. The van der Waals surface area contributed by atoms with Crippen LogP contribution in [-0.2, 0) is 4.79 Å². The van der Waals surface area contributed by atoms with Crippen molar-refractivity contribution in [1.82, 2.24) is 10.2 Å². The van der Waals surface area contributed by atoms with E-state index < -0.39 is 6.04 Å². The van der Waals surface area contributed by atoms with Crippen LogP contribution < -0.4 is 16.6 Å². The highest BCUT2D eigenvalue weighted by molar-refractivity contribution is 5.93. The molecule has 0 radical (unpaired) electrons. The lowest BCUT2D eigenvalue weighted by Gasteiger charge is -2.16. The van der Waals surface area contributed by atoms with Crippen LogP contribution in [0.4, 0.5) is 5.82 Å². The van der Waals surface area contributed by atoms with Crippen LogP contribution in [0.25, 0.3) is 0 Å². The second-order valence-electron chi connectivity index (χ2n) is 3.71. The molecule has 0 aliphatic rings. The monoisotopic (exact) mass is 224 g/mol. The Hall–Kier alpha value is -1.69. The maximum atomic E-state index is 11.6. The molecular formula is C10H16N4O2. The molecule has 88 valence electrons. The molecule has 0 saturated heterocycles. The number of amides is 1. The molecule has 0 unspecified atom stereocenters. The first-order valence-corrected chi connectivity index (χ1v) is 5.16. The van der Waals surface area contributed by atoms with Gasteiger partial charge in [0.15, 0.2) is 5.82 Å². The number of carbonyl (C=O) groups is 1. The smallest absolute Gasteiger partial charge is 0.264 e. The van der Waals surface area contributed by atoms with E-state index in [0.29, 0.717) is 5.82 Å². The molecular weight excluding hydrogens is 208 g/mol. The molecule has 16 heavy (non-hydrogen) atoms.